The van der Waals surface area contributed by atoms with E-state index in [-0.39, 0.29) is 0 Å². The Labute approximate surface area is 65.4 Å². The lowest BCUT2D eigenvalue weighted by Crippen LogP contribution is -2.41. The molecule has 0 unspecified atom stereocenters. The number of carbonyl (C=O) groups excluding carboxylic acids is 1. The third-order valence-corrected chi connectivity index (χ3v) is 2.10. The van der Waals surface area contributed by atoms with Crippen molar-refractivity contribution in [2.75, 3.05) is 0 Å². The molecule has 2 N–H and O–H groups in total. The highest BCUT2D eigenvalue weighted by molar-refractivity contribution is 6.01. The average molecular weight is 156 g/mol. The van der Waals surface area contributed by atoms with E-state index in [0.29, 0.717) is 18.7 Å². The van der Waals surface area contributed by atoms with E-state index in [4.69, 9.17) is 10.5 Å². The van der Waals surface area contributed by atoms with E-state index < -0.39 is 11.7 Å². The summed E-state index contributed by atoms with van der Waals surface area (Å²) in [7, 11) is 0. The number of amidine groups is 1. The summed E-state index contributed by atoms with van der Waals surface area (Å²) in [6.07, 6.45) is 0.806. The van der Waals surface area contributed by atoms with Crippen molar-refractivity contribution in [1.82, 2.24) is 0 Å². The van der Waals surface area contributed by atoms with Crippen molar-refractivity contribution in [2.45, 2.75) is 32.3 Å². The predicted molar refractivity (Wildman–Crippen MR) is 41.4 cm³/mol. The summed E-state index contributed by atoms with van der Waals surface area (Å²) in [5.41, 5.74) is 4.92. The van der Waals surface area contributed by atoms with E-state index in [0.717, 1.165) is 0 Å². The third-order valence-electron chi connectivity index (χ3n) is 2.10. The first-order valence-corrected chi connectivity index (χ1v) is 3.72. The van der Waals surface area contributed by atoms with Crippen molar-refractivity contribution < 1.29 is 9.53 Å². The third kappa shape index (κ3) is 1.08. The molecule has 0 bridgehead atoms. The Hall–Kier alpha value is -1.06. The van der Waals surface area contributed by atoms with Crippen LogP contribution in [0.25, 0.3) is 0 Å². The number of aliphatic imine (C=N–C) groups is 1. The summed E-state index contributed by atoms with van der Waals surface area (Å²) in [4.78, 5) is 14.2. The van der Waals surface area contributed by atoms with Crippen LogP contribution in [0.2, 0.25) is 0 Å². The molecule has 0 aromatic rings. The van der Waals surface area contributed by atoms with E-state index in [2.05, 4.69) is 4.99 Å². The smallest absolute Gasteiger partial charge is 0.433 e. The van der Waals surface area contributed by atoms with Crippen LogP contribution in [-0.4, -0.2) is 17.5 Å². The minimum atomic E-state index is -0.614. The lowest BCUT2D eigenvalue weighted by Gasteiger charge is -2.23. The van der Waals surface area contributed by atoms with Gasteiger partial charge in [0.1, 0.15) is 0 Å². The second kappa shape index (κ2) is 2.53. The van der Waals surface area contributed by atoms with Crippen molar-refractivity contribution in [3.63, 3.8) is 0 Å². The summed E-state index contributed by atoms with van der Waals surface area (Å²) in [5.74, 6) is 0.313. The van der Waals surface area contributed by atoms with Gasteiger partial charge in [0.2, 0.25) is 0 Å². The van der Waals surface area contributed by atoms with Gasteiger partial charge in [0.05, 0.1) is 0 Å². The molecular weight excluding hydrogens is 144 g/mol. The molecule has 0 radical (unpaired) electrons. The molecule has 1 aliphatic rings. The molecular formula is C7H12N2O2. The largest absolute Gasteiger partial charge is 0.436 e. The molecule has 0 fully saturated rings. The Kier molecular flexibility index (Phi) is 1.85. The van der Waals surface area contributed by atoms with Gasteiger partial charge in [-0.2, -0.15) is 4.99 Å². The lowest BCUT2D eigenvalue weighted by molar-refractivity contribution is 0.0753. The molecule has 0 aliphatic carbocycles. The van der Waals surface area contributed by atoms with Crippen molar-refractivity contribution in [3.8, 4) is 0 Å². The van der Waals surface area contributed by atoms with Crippen LogP contribution >= 0.6 is 0 Å². The fourth-order valence-electron chi connectivity index (χ4n) is 1.20. The van der Waals surface area contributed by atoms with E-state index in [1.807, 2.05) is 13.8 Å². The van der Waals surface area contributed by atoms with Crippen molar-refractivity contribution in [1.29, 1.82) is 0 Å². The summed E-state index contributed by atoms with van der Waals surface area (Å²) < 4.78 is 4.99. The number of cyclic esters (lactones) is 1. The molecule has 1 amide bonds. The van der Waals surface area contributed by atoms with Gasteiger partial charge in [-0.15, -0.1) is 0 Å². The maximum Gasteiger partial charge on any atom is 0.436 e. The molecule has 4 nitrogen and oxygen atoms in total. The van der Waals surface area contributed by atoms with E-state index in [1.54, 1.807) is 0 Å². The maximum absolute atomic E-state index is 10.7. The molecule has 1 aliphatic heterocycles. The molecule has 62 valence electrons. The number of nitrogens with zero attached hydrogens (tertiary/aromatic N) is 1. The van der Waals surface area contributed by atoms with Gasteiger partial charge >= 0.3 is 6.09 Å². The summed E-state index contributed by atoms with van der Waals surface area (Å²) in [5, 5.41) is 0. The Morgan fingerprint density at radius 3 is 2.27 bits per heavy atom. The highest BCUT2D eigenvalue weighted by atomic mass is 16.6. The molecule has 0 saturated carbocycles. The van der Waals surface area contributed by atoms with E-state index in [1.165, 1.54) is 0 Å². The number of ether oxygens (including phenoxy) is 1. The van der Waals surface area contributed by atoms with E-state index in [9.17, 15) is 4.79 Å². The molecule has 0 saturated heterocycles. The Morgan fingerprint density at radius 2 is 2.09 bits per heavy atom. The molecule has 1 rings (SSSR count). The fraction of sp³-hybridized carbons (Fsp3) is 0.714. The first kappa shape index (κ1) is 8.04. The Balaban J connectivity index is 2.88. The van der Waals surface area contributed by atoms with Crippen LogP contribution in [-0.2, 0) is 4.74 Å². The molecule has 11 heavy (non-hydrogen) atoms. The Morgan fingerprint density at radius 1 is 1.55 bits per heavy atom. The number of hydrogen-bond donors (Lipinski definition) is 1. The average Bonchev–Trinajstić information content (AvgIpc) is 2.27. The normalized spacial score (nSPS) is 21.3. The standard InChI is InChI=1S/C7H12N2O2/c1-3-7(4-2)5(8)9-6(10)11-7/h3-4H2,1-2H3,(H2,8,9,10). The topological polar surface area (TPSA) is 64.7 Å². The molecule has 1 heterocycles. The highest BCUT2D eigenvalue weighted by Gasteiger charge is 2.40. The monoisotopic (exact) mass is 156 g/mol. The second-order valence-corrected chi connectivity index (χ2v) is 2.57. The molecule has 0 atom stereocenters. The lowest BCUT2D eigenvalue weighted by atomic mass is 9.96. The van der Waals surface area contributed by atoms with Gasteiger partial charge < -0.3 is 10.5 Å². The van der Waals surface area contributed by atoms with E-state index >= 15 is 0 Å². The van der Waals surface area contributed by atoms with Crippen LogP contribution in [0.15, 0.2) is 4.99 Å². The van der Waals surface area contributed by atoms with Crippen LogP contribution in [0.3, 0.4) is 0 Å². The predicted octanol–water partition coefficient (Wildman–Crippen LogP) is 1.05. The van der Waals surface area contributed by atoms with Gasteiger partial charge in [-0.05, 0) is 12.8 Å². The van der Waals surface area contributed by atoms with Crippen LogP contribution < -0.4 is 5.73 Å². The van der Waals surface area contributed by atoms with Gasteiger partial charge in [0.25, 0.3) is 0 Å². The molecule has 0 aromatic carbocycles. The van der Waals surface area contributed by atoms with Gasteiger partial charge in [0, 0.05) is 0 Å². The second-order valence-electron chi connectivity index (χ2n) is 2.57. The van der Waals surface area contributed by atoms with Gasteiger partial charge in [0.15, 0.2) is 11.4 Å². The first-order chi connectivity index (χ1) is 5.14. The van der Waals surface area contributed by atoms with Gasteiger partial charge in [-0.3, -0.25) is 0 Å². The summed E-state index contributed by atoms with van der Waals surface area (Å²) >= 11 is 0. The zero-order chi connectivity index (χ0) is 8.48. The van der Waals surface area contributed by atoms with Crippen LogP contribution in [0.5, 0.6) is 0 Å². The SMILES string of the molecule is CCC1(CC)OC(=O)N=C1N. The minimum Gasteiger partial charge on any atom is -0.433 e. The minimum absolute atomic E-state index is 0.313. The summed E-state index contributed by atoms with van der Waals surface area (Å²) in [6.45, 7) is 3.84. The van der Waals surface area contributed by atoms with Crippen LogP contribution in [0, 0.1) is 0 Å². The quantitative estimate of drug-likeness (QED) is 0.650. The van der Waals surface area contributed by atoms with Gasteiger partial charge in [-0.1, -0.05) is 13.8 Å². The zero-order valence-electron chi connectivity index (χ0n) is 6.76. The Bertz CT molecular complexity index is 206. The van der Waals surface area contributed by atoms with Crippen molar-refractivity contribution >= 4 is 11.9 Å². The van der Waals surface area contributed by atoms with Crippen LogP contribution in [0.1, 0.15) is 26.7 Å². The highest BCUT2D eigenvalue weighted by Crippen LogP contribution is 2.25. The number of amides is 1. The van der Waals surface area contributed by atoms with Gasteiger partial charge in [-0.25, -0.2) is 4.79 Å². The number of nitrogens with two attached hydrogens (primary N) is 1. The van der Waals surface area contributed by atoms with Crippen LogP contribution in [0.4, 0.5) is 4.79 Å². The van der Waals surface area contributed by atoms with Crippen molar-refractivity contribution in [2.24, 2.45) is 10.7 Å². The number of hydrogen-bond acceptors (Lipinski definition) is 3. The first-order valence-electron chi connectivity index (χ1n) is 3.72. The molecule has 0 spiro atoms. The number of rotatable bonds is 2. The summed E-state index contributed by atoms with van der Waals surface area (Å²) in [6, 6.07) is 0. The molecule has 0 aromatic heterocycles. The maximum atomic E-state index is 10.7. The fourth-order valence-corrected chi connectivity index (χ4v) is 1.20. The molecule has 4 heteroatoms. The van der Waals surface area contributed by atoms with Crippen molar-refractivity contribution in [3.05, 3.63) is 0 Å². The zero-order valence-corrected chi connectivity index (χ0v) is 6.76. The number of carbonyl (C=O) groups is 1.